The number of benzene rings is 1. The summed E-state index contributed by atoms with van der Waals surface area (Å²) in [5.74, 6) is 1.03. The molecule has 0 unspecified atom stereocenters. The fourth-order valence-electron chi connectivity index (χ4n) is 3.99. The van der Waals surface area contributed by atoms with Crippen LogP contribution in [0.3, 0.4) is 0 Å². The van der Waals surface area contributed by atoms with Crippen molar-refractivity contribution < 1.29 is 8.42 Å². The number of nitrogens with one attached hydrogen (secondary N) is 3. The summed E-state index contributed by atoms with van der Waals surface area (Å²) in [5, 5.41) is 27.6. The van der Waals surface area contributed by atoms with Crippen molar-refractivity contribution in [2.45, 2.75) is 35.2 Å². The average molecular weight is 463 g/mol. The van der Waals surface area contributed by atoms with Gasteiger partial charge in [0.05, 0.1) is 17.4 Å². The van der Waals surface area contributed by atoms with Crippen LogP contribution in [0.5, 0.6) is 0 Å². The van der Waals surface area contributed by atoms with Crippen molar-refractivity contribution in [3.63, 3.8) is 0 Å². The van der Waals surface area contributed by atoms with E-state index in [1.165, 1.54) is 11.9 Å². The monoisotopic (exact) mass is 462 g/mol. The molecule has 0 aliphatic carbocycles. The molecule has 1 saturated heterocycles. The van der Waals surface area contributed by atoms with Crippen LogP contribution in [0.25, 0.3) is 11.4 Å². The lowest BCUT2D eigenvalue weighted by Gasteiger charge is -2.31. The minimum absolute atomic E-state index is 0.0218. The van der Waals surface area contributed by atoms with E-state index in [9.17, 15) is 8.42 Å². The summed E-state index contributed by atoms with van der Waals surface area (Å²) in [6, 6.07) is 5.78. The number of fused-ring (bicyclic) bond motifs is 1. The van der Waals surface area contributed by atoms with E-state index in [0.29, 0.717) is 22.7 Å². The second kappa shape index (κ2) is 8.20. The molecular formula is C17H22N10O2S2. The van der Waals surface area contributed by atoms with Crippen molar-refractivity contribution in [2.75, 3.05) is 24.5 Å². The van der Waals surface area contributed by atoms with E-state index < -0.39 is 10.0 Å². The maximum atomic E-state index is 12.8. The SMILES string of the molecule is NS(=O)(=O)c1c(SN[C@@H]2CCNC2)ccc(N2CCCn3nccc32)c1-c1nn[nH]n1. The van der Waals surface area contributed by atoms with Crippen molar-refractivity contribution in [2.24, 2.45) is 5.14 Å². The van der Waals surface area contributed by atoms with Crippen LogP contribution in [0.1, 0.15) is 12.8 Å². The number of aromatic amines is 1. The molecule has 1 aromatic carbocycles. The number of aromatic nitrogens is 6. The van der Waals surface area contributed by atoms with Gasteiger partial charge in [-0.25, -0.2) is 18.2 Å². The van der Waals surface area contributed by atoms with Crippen LogP contribution in [0.4, 0.5) is 11.5 Å². The highest BCUT2D eigenvalue weighted by molar-refractivity contribution is 7.98. The van der Waals surface area contributed by atoms with Crippen LogP contribution in [-0.2, 0) is 16.6 Å². The predicted octanol–water partition coefficient (Wildman–Crippen LogP) is 0.211. The fourth-order valence-corrected chi connectivity index (χ4v) is 6.12. The molecule has 1 atom stereocenters. The Morgan fingerprint density at radius 2 is 2.16 bits per heavy atom. The Morgan fingerprint density at radius 3 is 2.90 bits per heavy atom. The average Bonchev–Trinajstić information content (AvgIpc) is 3.53. The van der Waals surface area contributed by atoms with Gasteiger partial charge in [-0.1, -0.05) is 0 Å². The molecule has 4 heterocycles. The molecular weight excluding hydrogens is 440 g/mol. The van der Waals surface area contributed by atoms with Gasteiger partial charge in [-0.05, 0) is 48.7 Å². The number of nitrogens with two attached hydrogens (primary N) is 1. The van der Waals surface area contributed by atoms with Crippen LogP contribution in [0.2, 0.25) is 0 Å². The number of hydrogen-bond acceptors (Lipinski definition) is 10. The first-order valence-corrected chi connectivity index (χ1v) is 12.2. The molecule has 5 rings (SSSR count). The zero-order chi connectivity index (χ0) is 21.4. The van der Waals surface area contributed by atoms with Gasteiger partial charge in [0.15, 0.2) is 0 Å². The Morgan fingerprint density at radius 1 is 1.26 bits per heavy atom. The highest BCUT2D eigenvalue weighted by atomic mass is 32.2. The van der Waals surface area contributed by atoms with Gasteiger partial charge in [-0.3, -0.25) is 4.72 Å². The maximum Gasteiger partial charge on any atom is 0.240 e. The van der Waals surface area contributed by atoms with Crippen molar-refractivity contribution in [1.29, 1.82) is 0 Å². The first kappa shape index (κ1) is 20.4. The van der Waals surface area contributed by atoms with E-state index >= 15 is 0 Å². The van der Waals surface area contributed by atoms with Crippen molar-refractivity contribution in [3.8, 4) is 11.4 Å². The lowest BCUT2D eigenvalue weighted by molar-refractivity contribution is 0.542. The van der Waals surface area contributed by atoms with Crippen molar-refractivity contribution in [3.05, 3.63) is 24.4 Å². The van der Waals surface area contributed by atoms with E-state index in [0.717, 1.165) is 38.3 Å². The third kappa shape index (κ3) is 3.92. The van der Waals surface area contributed by atoms with Crippen LogP contribution in [0, 0.1) is 0 Å². The molecule has 31 heavy (non-hydrogen) atoms. The number of primary sulfonamides is 1. The summed E-state index contributed by atoms with van der Waals surface area (Å²) in [6.07, 6.45) is 3.55. The number of hydrogen-bond donors (Lipinski definition) is 4. The summed E-state index contributed by atoms with van der Waals surface area (Å²) in [5.41, 5.74) is 0.959. The third-order valence-electron chi connectivity index (χ3n) is 5.36. The molecule has 5 N–H and O–H groups in total. The number of anilines is 2. The van der Waals surface area contributed by atoms with Gasteiger partial charge in [-0.15, -0.1) is 10.2 Å². The summed E-state index contributed by atoms with van der Waals surface area (Å²) < 4.78 is 30.8. The molecule has 164 valence electrons. The minimum Gasteiger partial charge on any atom is -0.326 e. The quantitative estimate of drug-likeness (QED) is 0.373. The van der Waals surface area contributed by atoms with Crippen molar-refractivity contribution >= 4 is 33.5 Å². The Bertz CT molecular complexity index is 1170. The summed E-state index contributed by atoms with van der Waals surface area (Å²) >= 11 is 1.25. The van der Waals surface area contributed by atoms with Crippen molar-refractivity contribution in [1.82, 2.24) is 40.4 Å². The molecule has 0 spiro atoms. The van der Waals surface area contributed by atoms with E-state index in [2.05, 4.69) is 35.8 Å². The van der Waals surface area contributed by atoms with Gasteiger partial charge in [0, 0.05) is 36.6 Å². The van der Waals surface area contributed by atoms with E-state index in [4.69, 9.17) is 5.14 Å². The second-order valence-electron chi connectivity index (χ2n) is 7.39. The summed E-state index contributed by atoms with van der Waals surface area (Å²) in [4.78, 5) is 2.48. The lowest BCUT2D eigenvalue weighted by Crippen LogP contribution is -2.29. The highest BCUT2D eigenvalue weighted by Gasteiger charge is 2.31. The molecule has 14 heteroatoms. The highest BCUT2D eigenvalue weighted by Crippen LogP contribution is 2.42. The largest absolute Gasteiger partial charge is 0.326 e. The Kier molecular flexibility index (Phi) is 5.39. The van der Waals surface area contributed by atoms with Gasteiger partial charge < -0.3 is 10.2 Å². The molecule has 0 radical (unpaired) electrons. The Hall–Kier alpha value is -2.52. The Balaban J connectivity index is 1.66. The predicted molar refractivity (Wildman–Crippen MR) is 115 cm³/mol. The van der Waals surface area contributed by atoms with Gasteiger partial charge in [0.25, 0.3) is 0 Å². The van der Waals surface area contributed by atoms with Crippen LogP contribution >= 0.6 is 11.9 Å². The molecule has 1 fully saturated rings. The molecule has 12 nitrogen and oxygen atoms in total. The first-order chi connectivity index (χ1) is 15.0. The molecule has 0 bridgehead atoms. The number of sulfonamides is 1. The van der Waals surface area contributed by atoms with Crippen LogP contribution in [0.15, 0.2) is 34.2 Å². The number of tetrazole rings is 1. The number of H-pyrrole nitrogens is 1. The fraction of sp³-hybridized carbons (Fsp3) is 0.412. The number of nitrogens with zero attached hydrogens (tertiary/aromatic N) is 6. The Labute approximate surface area is 183 Å². The molecule has 0 amide bonds. The summed E-state index contributed by atoms with van der Waals surface area (Å²) in [7, 11) is -4.11. The molecule has 2 aromatic heterocycles. The topological polar surface area (TPSA) is 160 Å². The third-order valence-corrected chi connectivity index (χ3v) is 7.50. The zero-order valence-electron chi connectivity index (χ0n) is 16.5. The standard InChI is InChI=1S/C17H22N10O2S2/c18-31(28,29)16-13(30-23-11-4-6-19-10-11)3-2-12(15(16)17-21-24-25-22-17)26-8-1-9-27-14(26)5-7-20-27/h2-3,5,7,11,19,23H,1,4,6,8-10H2,(H2,18,28,29)(H,21,22,24,25)/t11-/m1/s1. The molecule has 0 saturated carbocycles. The zero-order valence-corrected chi connectivity index (χ0v) is 18.2. The van der Waals surface area contributed by atoms with Gasteiger partial charge in [0.2, 0.25) is 15.8 Å². The second-order valence-corrected chi connectivity index (χ2v) is 9.77. The number of rotatable bonds is 6. The molecule has 3 aromatic rings. The molecule has 2 aliphatic rings. The normalized spacial score (nSPS) is 19.0. The smallest absolute Gasteiger partial charge is 0.240 e. The van der Waals surface area contributed by atoms with Gasteiger partial charge in [-0.2, -0.15) is 10.3 Å². The van der Waals surface area contributed by atoms with E-state index in [1.54, 1.807) is 12.3 Å². The van der Waals surface area contributed by atoms with Gasteiger partial charge in [0.1, 0.15) is 10.7 Å². The lowest BCUT2D eigenvalue weighted by atomic mass is 10.1. The first-order valence-electron chi connectivity index (χ1n) is 9.88. The van der Waals surface area contributed by atoms with Crippen LogP contribution < -0.4 is 20.1 Å². The summed E-state index contributed by atoms with van der Waals surface area (Å²) in [6.45, 7) is 3.24. The number of aryl methyl sites for hydroxylation is 1. The molecule has 2 aliphatic heterocycles. The minimum atomic E-state index is -4.11. The van der Waals surface area contributed by atoms with Crippen LogP contribution in [-0.4, -0.2) is 64.5 Å². The van der Waals surface area contributed by atoms with E-state index in [1.807, 2.05) is 21.7 Å². The van der Waals surface area contributed by atoms with Gasteiger partial charge >= 0.3 is 0 Å². The maximum absolute atomic E-state index is 12.8. The van der Waals surface area contributed by atoms with E-state index in [-0.39, 0.29) is 16.8 Å².